The Morgan fingerprint density at radius 1 is 1.44 bits per heavy atom. The molecule has 0 spiro atoms. The average molecular weight is 274 g/mol. The second-order valence-electron chi connectivity index (χ2n) is 4.56. The molecule has 2 rings (SSSR count). The van der Waals surface area contributed by atoms with Crippen LogP contribution in [0.3, 0.4) is 0 Å². The van der Waals surface area contributed by atoms with Crippen LogP contribution in [0.5, 0.6) is 0 Å². The Labute approximate surface area is 107 Å². The molecule has 1 fully saturated rings. The Bertz CT molecular complexity index is 493. The lowest BCUT2D eigenvalue weighted by molar-refractivity contribution is 0.316. The first-order valence-corrected chi connectivity index (χ1v) is 7.78. The molecular weight excluding hydrogens is 256 g/mol. The average Bonchev–Trinajstić information content (AvgIpc) is 2.77. The molecule has 0 radical (unpaired) electrons. The first kappa shape index (κ1) is 13.4. The van der Waals surface area contributed by atoms with E-state index in [0.717, 1.165) is 32.1 Å². The van der Waals surface area contributed by atoms with Crippen LogP contribution in [0.15, 0.2) is 4.42 Å². The van der Waals surface area contributed by atoms with E-state index in [4.69, 9.17) is 4.42 Å². The number of sulfonamides is 1. The minimum atomic E-state index is -3.23. The molecule has 102 valence electrons. The maximum atomic E-state index is 11.3. The predicted octanol–water partition coefficient (Wildman–Crippen LogP) is 0.276. The summed E-state index contributed by atoms with van der Waals surface area (Å²) < 4.78 is 29.2. The molecule has 1 aromatic rings. The van der Waals surface area contributed by atoms with Gasteiger partial charge in [0.2, 0.25) is 21.8 Å². The molecule has 1 aromatic heterocycles. The molecule has 1 aliphatic heterocycles. The van der Waals surface area contributed by atoms with E-state index in [0.29, 0.717) is 11.8 Å². The molecule has 2 heterocycles. The van der Waals surface area contributed by atoms with Gasteiger partial charge in [-0.25, -0.2) is 8.42 Å². The van der Waals surface area contributed by atoms with Gasteiger partial charge >= 0.3 is 0 Å². The SMILES string of the molecule is CN(Cc1nnc([C@@H]2CCCCN2)o1)S(C)(=O)=O. The minimum absolute atomic E-state index is 0.100. The van der Waals surface area contributed by atoms with Gasteiger partial charge in [-0.3, -0.25) is 0 Å². The number of rotatable bonds is 4. The van der Waals surface area contributed by atoms with E-state index in [2.05, 4.69) is 15.5 Å². The first-order valence-electron chi connectivity index (χ1n) is 5.94. The fraction of sp³-hybridized carbons (Fsp3) is 0.800. The first-order chi connectivity index (χ1) is 8.47. The van der Waals surface area contributed by atoms with Crippen molar-refractivity contribution in [3.8, 4) is 0 Å². The third-order valence-corrected chi connectivity index (χ3v) is 4.28. The van der Waals surface area contributed by atoms with Gasteiger partial charge in [0.25, 0.3) is 0 Å². The zero-order chi connectivity index (χ0) is 13.2. The molecular formula is C10H18N4O3S. The smallest absolute Gasteiger partial charge is 0.233 e. The molecule has 8 heteroatoms. The molecule has 0 aromatic carbocycles. The van der Waals surface area contributed by atoms with Crippen molar-refractivity contribution in [1.82, 2.24) is 19.8 Å². The normalized spacial score (nSPS) is 21.4. The van der Waals surface area contributed by atoms with Crippen LogP contribution in [-0.4, -0.2) is 42.8 Å². The molecule has 7 nitrogen and oxygen atoms in total. The van der Waals surface area contributed by atoms with Gasteiger partial charge in [0.05, 0.1) is 18.8 Å². The molecule has 1 atom stereocenters. The van der Waals surface area contributed by atoms with Crippen molar-refractivity contribution in [3.05, 3.63) is 11.8 Å². The lowest BCUT2D eigenvalue weighted by atomic mass is 10.1. The number of nitrogens with one attached hydrogen (secondary N) is 1. The number of nitrogens with zero attached hydrogens (tertiary/aromatic N) is 3. The van der Waals surface area contributed by atoms with Gasteiger partial charge in [0.1, 0.15) is 0 Å². The topological polar surface area (TPSA) is 88.3 Å². The highest BCUT2D eigenvalue weighted by Gasteiger charge is 2.22. The third-order valence-electron chi connectivity index (χ3n) is 3.01. The molecule has 0 saturated carbocycles. The van der Waals surface area contributed by atoms with Crippen LogP contribution in [0.25, 0.3) is 0 Å². The van der Waals surface area contributed by atoms with Crippen molar-refractivity contribution < 1.29 is 12.8 Å². The van der Waals surface area contributed by atoms with Crippen molar-refractivity contribution in [2.45, 2.75) is 31.8 Å². The van der Waals surface area contributed by atoms with Gasteiger partial charge in [0.15, 0.2) is 0 Å². The van der Waals surface area contributed by atoms with E-state index in [1.807, 2.05) is 0 Å². The Hall–Kier alpha value is -0.990. The summed E-state index contributed by atoms with van der Waals surface area (Å²) in [4.78, 5) is 0. The molecule has 1 saturated heterocycles. The van der Waals surface area contributed by atoms with Crippen molar-refractivity contribution >= 4 is 10.0 Å². The summed E-state index contributed by atoms with van der Waals surface area (Å²) in [7, 11) is -1.74. The fourth-order valence-electron chi connectivity index (χ4n) is 1.84. The van der Waals surface area contributed by atoms with Gasteiger partial charge in [-0.2, -0.15) is 4.31 Å². The van der Waals surface area contributed by atoms with Crippen LogP contribution in [0.2, 0.25) is 0 Å². The summed E-state index contributed by atoms with van der Waals surface area (Å²) in [6.45, 7) is 1.06. The van der Waals surface area contributed by atoms with E-state index in [1.54, 1.807) is 0 Å². The quantitative estimate of drug-likeness (QED) is 0.848. The zero-order valence-electron chi connectivity index (χ0n) is 10.6. The number of hydrogen-bond donors (Lipinski definition) is 1. The maximum Gasteiger partial charge on any atom is 0.233 e. The Morgan fingerprint density at radius 3 is 2.83 bits per heavy atom. The fourth-order valence-corrected chi connectivity index (χ4v) is 2.19. The largest absolute Gasteiger partial charge is 0.422 e. The minimum Gasteiger partial charge on any atom is -0.422 e. The Kier molecular flexibility index (Phi) is 3.98. The molecule has 0 amide bonds. The maximum absolute atomic E-state index is 11.3. The van der Waals surface area contributed by atoms with Crippen molar-refractivity contribution in [1.29, 1.82) is 0 Å². The van der Waals surface area contributed by atoms with Gasteiger partial charge in [-0.05, 0) is 19.4 Å². The molecule has 18 heavy (non-hydrogen) atoms. The van der Waals surface area contributed by atoms with Crippen molar-refractivity contribution in [3.63, 3.8) is 0 Å². The molecule has 0 unspecified atom stereocenters. The second-order valence-corrected chi connectivity index (χ2v) is 6.64. The predicted molar refractivity (Wildman–Crippen MR) is 65.2 cm³/mol. The lowest BCUT2D eigenvalue weighted by Crippen LogP contribution is -2.27. The van der Waals surface area contributed by atoms with Crippen LogP contribution in [-0.2, 0) is 16.6 Å². The van der Waals surface area contributed by atoms with Crippen LogP contribution < -0.4 is 5.32 Å². The summed E-state index contributed by atoms with van der Waals surface area (Å²) in [6, 6.07) is 0.100. The van der Waals surface area contributed by atoms with Gasteiger partial charge < -0.3 is 9.73 Å². The van der Waals surface area contributed by atoms with E-state index < -0.39 is 10.0 Å². The highest BCUT2D eigenvalue weighted by atomic mass is 32.2. The number of aromatic nitrogens is 2. The lowest BCUT2D eigenvalue weighted by Gasteiger charge is -2.19. The van der Waals surface area contributed by atoms with Crippen molar-refractivity contribution in [2.24, 2.45) is 0 Å². The Balaban J connectivity index is 2.01. The monoisotopic (exact) mass is 274 g/mol. The van der Waals surface area contributed by atoms with Gasteiger partial charge in [-0.1, -0.05) is 6.42 Å². The summed E-state index contributed by atoms with van der Waals surface area (Å²) >= 11 is 0. The van der Waals surface area contributed by atoms with Gasteiger partial charge in [-0.15, -0.1) is 10.2 Å². The summed E-state index contributed by atoms with van der Waals surface area (Å²) in [5, 5.41) is 11.2. The van der Waals surface area contributed by atoms with Crippen LogP contribution in [0, 0.1) is 0 Å². The molecule has 0 bridgehead atoms. The standard InChI is InChI=1S/C10H18N4O3S/c1-14(18(2,15)16)7-9-12-13-10(17-9)8-5-3-4-6-11-8/h8,11H,3-7H2,1-2H3/t8-/m0/s1. The third kappa shape index (κ3) is 3.27. The molecule has 0 aliphatic carbocycles. The van der Waals surface area contributed by atoms with E-state index in [1.165, 1.54) is 11.4 Å². The van der Waals surface area contributed by atoms with Crippen molar-refractivity contribution in [2.75, 3.05) is 19.8 Å². The van der Waals surface area contributed by atoms with Crippen LogP contribution in [0.1, 0.15) is 37.1 Å². The highest BCUT2D eigenvalue weighted by Crippen LogP contribution is 2.21. The highest BCUT2D eigenvalue weighted by molar-refractivity contribution is 7.88. The second kappa shape index (κ2) is 5.33. The Morgan fingerprint density at radius 2 is 2.22 bits per heavy atom. The summed E-state index contributed by atoms with van der Waals surface area (Å²) in [5.41, 5.74) is 0. The van der Waals surface area contributed by atoms with E-state index in [-0.39, 0.29) is 12.6 Å². The van der Waals surface area contributed by atoms with E-state index in [9.17, 15) is 8.42 Å². The summed E-state index contributed by atoms with van der Waals surface area (Å²) in [6.07, 6.45) is 4.42. The molecule has 1 N–H and O–H groups in total. The van der Waals surface area contributed by atoms with Crippen LogP contribution >= 0.6 is 0 Å². The zero-order valence-corrected chi connectivity index (χ0v) is 11.4. The summed E-state index contributed by atoms with van der Waals surface area (Å²) in [5.74, 6) is 0.872. The van der Waals surface area contributed by atoms with Gasteiger partial charge in [0, 0.05) is 7.05 Å². The molecule has 1 aliphatic rings. The van der Waals surface area contributed by atoms with E-state index >= 15 is 0 Å². The number of hydrogen-bond acceptors (Lipinski definition) is 6. The van der Waals surface area contributed by atoms with Crippen LogP contribution in [0.4, 0.5) is 0 Å². The number of piperidine rings is 1.